The summed E-state index contributed by atoms with van der Waals surface area (Å²) < 4.78 is 13.0. The van der Waals surface area contributed by atoms with Gasteiger partial charge in [0.25, 0.3) is 0 Å². The van der Waals surface area contributed by atoms with Crippen molar-refractivity contribution in [2.45, 2.75) is 25.0 Å². The molecule has 0 aromatic heterocycles. The lowest BCUT2D eigenvalue weighted by Crippen LogP contribution is -2.23. The van der Waals surface area contributed by atoms with Gasteiger partial charge in [0.2, 0.25) is 0 Å². The van der Waals surface area contributed by atoms with E-state index in [4.69, 9.17) is 11.6 Å². The zero-order valence-electron chi connectivity index (χ0n) is 8.21. The van der Waals surface area contributed by atoms with Gasteiger partial charge in [0.15, 0.2) is 0 Å². The van der Waals surface area contributed by atoms with E-state index in [1.165, 1.54) is 12.1 Å². The number of halogens is 2. The van der Waals surface area contributed by atoms with Gasteiger partial charge < -0.3 is 10.4 Å². The van der Waals surface area contributed by atoms with Crippen molar-refractivity contribution in [3.63, 3.8) is 0 Å². The molecule has 0 bridgehead atoms. The average Bonchev–Trinajstić information content (AvgIpc) is 2.96. The lowest BCUT2D eigenvalue weighted by molar-refractivity contribution is 0.174. The highest BCUT2D eigenvalue weighted by Crippen LogP contribution is 2.22. The third-order valence-electron chi connectivity index (χ3n) is 2.45. The minimum absolute atomic E-state index is 0.315. The number of benzene rings is 1. The number of hydrogen-bond acceptors (Lipinski definition) is 2. The Morgan fingerprint density at radius 2 is 2.20 bits per heavy atom. The van der Waals surface area contributed by atoms with Crippen molar-refractivity contribution in [3.05, 3.63) is 34.6 Å². The van der Waals surface area contributed by atoms with Gasteiger partial charge in [0, 0.05) is 17.6 Å². The maximum absolute atomic E-state index is 13.0. The second kappa shape index (κ2) is 4.47. The van der Waals surface area contributed by atoms with Gasteiger partial charge in [-0.05, 0) is 36.6 Å². The van der Waals surface area contributed by atoms with Crippen LogP contribution in [0.4, 0.5) is 4.39 Å². The molecule has 1 atom stereocenters. The second-order valence-corrected chi connectivity index (χ2v) is 4.34. The Labute approximate surface area is 93.1 Å². The third kappa shape index (κ3) is 3.16. The van der Waals surface area contributed by atoms with E-state index in [0.29, 0.717) is 23.2 Å². The first-order valence-electron chi connectivity index (χ1n) is 5.02. The monoisotopic (exact) mass is 229 g/mol. The van der Waals surface area contributed by atoms with Crippen molar-refractivity contribution in [2.24, 2.45) is 0 Å². The molecule has 1 aliphatic carbocycles. The van der Waals surface area contributed by atoms with Crippen molar-refractivity contribution in [1.82, 2.24) is 5.32 Å². The summed E-state index contributed by atoms with van der Waals surface area (Å²) in [5, 5.41) is 13.3. The molecular weight excluding hydrogens is 217 g/mol. The summed E-state index contributed by atoms with van der Waals surface area (Å²) in [6, 6.07) is 4.66. The maximum Gasteiger partial charge on any atom is 0.125 e. The fourth-order valence-corrected chi connectivity index (χ4v) is 1.68. The molecular formula is C11H13ClFNO. The predicted molar refractivity (Wildman–Crippen MR) is 57.4 cm³/mol. The van der Waals surface area contributed by atoms with Crippen molar-refractivity contribution in [1.29, 1.82) is 0 Å². The van der Waals surface area contributed by atoms with Crippen LogP contribution in [0.3, 0.4) is 0 Å². The number of aliphatic hydroxyl groups excluding tert-OH is 1. The van der Waals surface area contributed by atoms with Crippen LogP contribution in [-0.4, -0.2) is 17.7 Å². The average molecular weight is 230 g/mol. The molecule has 2 rings (SSSR count). The van der Waals surface area contributed by atoms with Crippen LogP contribution in [0.15, 0.2) is 18.2 Å². The quantitative estimate of drug-likeness (QED) is 0.830. The van der Waals surface area contributed by atoms with Gasteiger partial charge in [-0.25, -0.2) is 4.39 Å². The summed E-state index contributed by atoms with van der Waals surface area (Å²) in [6.45, 7) is 0.449. The Morgan fingerprint density at radius 3 is 2.80 bits per heavy atom. The summed E-state index contributed by atoms with van der Waals surface area (Å²) in [4.78, 5) is 0. The fraction of sp³-hybridized carbons (Fsp3) is 0.455. The summed E-state index contributed by atoms with van der Waals surface area (Å²) in [6.07, 6.45) is 1.63. The standard InChI is InChI=1S/C11H13ClFNO/c12-8-3-7(4-9(13)5-8)11(15)6-14-10-1-2-10/h3-5,10-11,14-15H,1-2,6H2. The summed E-state index contributed by atoms with van der Waals surface area (Å²) in [5.74, 6) is -0.414. The fourth-order valence-electron chi connectivity index (χ4n) is 1.45. The SMILES string of the molecule is OC(CNC1CC1)c1cc(F)cc(Cl)c1. The second-order valence-electron chi connectivity index (χ2n) is 3.90. The third-order valence-corrected chi connectivity index (χ3v) is 2.67. The molecule has 1 fully saturated rings. The first-order valence-corrected chi connectivity index (χ1v) is 5.40. The van der Waals surface area contributed by atoms with E-state index in [1.807, 2.05) is 0 Å². The van der Waals surface area contributed by atoms with Crippen LogP contribution in [0.1, 0.15) is 24.5 Å². The van der Waals surface area contributed by atoms with Crippen molar-refractivity contribution in [3.8, 4) is 0 Å². The molecule has 0 spiro atoms. The van der Waals surface area contributed by atoms with E-state index in [9.17, 15) is 9.50 Å². The van der Waals surface area contributed by atoms with E-state index in [-0.39, 0.29) is 0 Å². The predicted octanol–water partition coefficient (Wildman–Crippen LogP) is 2.26. The van der Waals surface area contributed by atoms with E-state index < -0.39 is 11.9 Å². The van der Waals surface area contributed by atoms with Crippen LogP contribution >= 0.6 is 11.6 Å². The normalized spacial score (nSPS) is 17.8. The van der Waals surface area contributed by atoms with Crippen LogP contribution in [0.5, 0.6) is 0 Å². The summed E-state index contributed by atoms with van der Waals surface area (Å²) >= 11 is 5.70. The van der Waals surface area contributed by atoms with Crippen LogP contribution in [0.25, 0.3) is 0 Å². The lowest BCUT2D eigenvalue weighted by atomic mass is 10.1. The highest BCUT2D eigenvalue weighted by atomic mass is 35.5. The molecule has 82 valence electrons. The lowest BCUT2D eigenvalue weighted by Gasteiger charge is -2.12. The molecule has 0 aliphatic heterocycles. The molecule has 0 heterocycles. The number of aliphatic hydroxyl groups is 1. The molecule has 15 heavy (non-hydrogen) atoms. The summed E-state index contributed by atoms with van der Waals surface area (Å²) in [5.41, 5.74) is 0.521. The Bertz CT molecular complexity index is 334. The Morgan fingerprint density at radius 1 is 1.47 bits per heavy atom. The molecule has 0 amide bonds. The van der Waals surface area contributed by atoms with E-state index in [1.54, 1.807) is 6.07 Å². The maximum atomic E-state index is 13.0. The number of nitrogens with one attached hydrogen (secondary N) is 1. The topological polar surface area (TPSA) is 32.3 Å². The van der Waals surface area contributed by atoms with Crippen LogP contribution in [-0.2, 0) is 0 Å². The molecule has 0 saturated heterocycles. The highest BCUT2D eigenvalue weighted by Gasteiger charge is 2.21. The van der Waals surface area contributed by atoms with Gasteiger partial charge in [0.05, 0.1) is 6.10 Å². The first-order chi connectivity index (χ1) is 7.15. The zero-order chi connectivity index (χ0) is 10.8. The van der Waals surface area contributed by atoms with E-state index in [0.717, 1.165) is 12.8 Å². The number of rotatable bonds is 4. The smallest absolute Gasteiger partial charge is 0.125 e. The van der Waals surface area contributed by atoms with E-state index in [2.05, 4.69) is 5.32 Å². The molecule has 1 aliphatic rings. The molecule has 2 N–H and O–H groups in total. The largest absolute Gasteiger partial charge is 0.387 e. The van der Waals surface area contributed by atoms with Crippen LogP contribution in [0, 0.1) is 5.82 Å². The Balaban J connectivity index is 1.99. The van der Waals surface area contributed by atoms with Crippen molar-refractivity contribution < 1.29 is 9.50 Å². The van der Waals surface area contributed by atoms with Crippen molar-refractivity contribution in [2.75, 3.05) is 6.54 Å². The zero-order valence-corrected chi connectivity index (χ0v) is 8.97. The minimum atomic E-state index is -0.696. The molecule has 1 aromatic carbocycles. The van der Waals surface area contributed by atoms with Gasteiger partial charge in [-0.3, -0.25) is 0 Å². The van der Waals surface area contributed by atoms with Gasteiger partial charge in [-0.15, -0.1) is 0 Å². The molecule has 2 nitrogen and oxygen atoms in total. The first kappa shape index (κ1) is 10.9. The minimum Gasteiger partial charge on any atom is -0.387 e. The molecule has 0 radical (unpaired) electrons. The Kier molecular flexibility index (Phi) is 3.24. The Hall–Kier alpha value is -0.640. The molecule has 1 aromatic rings. The van der Waals surface area contributed by atoms with Crippen LogP contribution in [0.2, 0.25) is 5.02 Å². The molecule has 4 heteroatoms. The number of hydrogen-bond donors (Lipinski definition) is 2. The van der Waals surface area contributed by atoms with Gasteiger partial charge >= 0.3 is 0 Å². The van der Waals surface area contributed by atoms with Gasteiger partial charge in [-0.1, -0.05) is 11.6 Å². The molecule has 1 saturated carbocycles. The highest BCUT2D eigenvalue weighted by molar-refractivity contribution is 6.30. The van der Waals surface area contributed by atoms with Gasteiger partial charge in [0.1, 0.15) is 5.82 Å². The molecule has 1 unspecified atom stereocenters. The summed E-state index contributed by atoms with van der Waals surface area (Å²) in [7, 11) is 0. The van der Waals surface area contributed by atoms with Crippen molar-refractivity contribution >= 4 is 11.6 Å². The van der Waals surface area contributed by atoms with E-state index >= 15 is 0 Å². The van der Waals surface area contributed by atoms with Crippen LogP contribution < -0.4 is 5.32 Å². The van der Waals surface area contributed by atoms with Gasteiger partial charge in [-0.2, -0.15) is 0 Å².